The molecule has 2 bridgehead atoms. The van der Waals surface area contributed by atoms with Gasteiger partial charge in [0.15, 0.2) is 11.6 Å². The molecule has 0 saturated carbocycles. The summed E-state index contributed by atoms with van der Waals surface area (Å²) in [6.45, 7) is 3.75. The van der Waals surface area contributed by atoms with Gasteiger partial charge in [-0.05, 0) is 44.2 Å². The summed E-state index contributed by atoms with van der Waals surface area (Å²) in [6, 6.07) is 0.331. The number of esters is 1. The molecule has 2 aliphatic rings. The van der Waals surface area contributed by atoms with E-state index in [0.717, 1.165) is 11.1 Å². The molecule has 0 spiro atoms. The molecule has 2 fully saturated rings. The van der Waals surface area contributed by atoms with Crippen LogP contribution in [0, 0.1) is 23.4 Å². The molecular formula is C25H32F3N3O7. The second-order valence-electron chi connectivity index (χ2n) is 10.1. The van der Waals surface area contributed by atoms with E-state index < -0.39 is 59.1 Å². The number of Topliss-reactive ketones (excluding diaryl/α,β-unsaturated/α-hetero) is 1. The first-order valence-electron chi connectivity index (χ1n) is 12.3. The number of hydrogen-bond donors (Lipinski definition) is 2. The molecule has 3 rings (SSSR count). The van der Waals surface area contributed by atoms with Crippen molar-refractivity contribution in [2.45, 2.75) is 70.2 Å². The number of rotatable bonds is 9. The lowest BCUT2D eigenvalue weighted by Gasteiger charge is -2.30. The number of piperazine rings is 1. The summed E-state index contributed by atoms with van der Waals surface area (Å²) in [4.78, 5) is 54.7. The Morgan fingerprint density at radius 2 is 1.89 bits per heavy atom. The lowest BCUT2D eigenvalue weighted by molar-refractivity contribution is -0.211. The van der Waals surface area contributed by atoms with Crippen molar-refractivity contribution < 1.29 is 46.7 Å². The van der Waals surface area contributed by atoms with E-state index in [1.807, 2.05) is 0 Å². The van der Waals surface area contributed by atoms with E-state index in [2.05, 4.69) is 5.32 Å². The molecule has 2 aliphatic heterocycles. The average Bonchev–Trinajstić information content (AvgIpc) is 2.81. The third kappa shape index (κ3) is 8.50. The summed E-state index contributed by atoms with van der Waals surface area (Å²) in [5, 5.41) is 3.62. The second-order valence-corrected chi connectivity index (χ2v) is 10.1. The van der Waals surface area contributed by atoms with Crippen LogP contribution >= 0.6 is 0 Å². The molecule has 2 heterocycles. The van der Waals surface area contributed by atoms with Gasteiger partial charge < -0.3 is 20.0 Å². The number of hydrogen-bond acceptors (Lipinski definition) is 9. The maximum Gasteiger partial charge on any atom is 0.332 e. The number of ether oxygens (including phenoxy) is 2. The van der Waals surface area contributed by atoms with Crippen LogP contribution in [0.25, 0.3) is 0 Å². The molecule has 1 aromatic carbocycles. The van der Waals surface area contributed by atoms with Gasteiger partial charge >= 0.3 is 17.8 Å². The number of benzene rings is 1. The molecule has 3 atom stereocenters. The zero-order valence-corrected chi connectivity index (χ0v) is 21.3. The van der Waals surface area contributed by atoms with Crippen molar-refractivity contribution in [3.63, 3.8) is 0 Å². The van der Waals surface area contributed by atoms with Crippen molar-refractivity contribution >= 4 is 23.6 Å². The summed E-state index contributed by atoms with van der Waals surface area (Å²) >= 11 is 0. The number of hydroxylamine groups is 2. The Balaban J connectivity index is 1.52. The Kier molecular flexibility index (Phi) is 9.85. The third-order valence-corrected chi connectivity index (χ3v) is 6.18. The predicted octanol–water partition coefficient (Wildman–Crippen LogP) is 1.68. The van der Waals surface area contributed by atoms with E-state index in [0.29, 0.717) is 6.07 Å². The highest BCUT2D eigenvalue weighted by molar-refractivity contribution is 5.85. The van der Waals surface area contributed by atoms with Crippen LogP contribution in [-0.2, 0) is 39.9 Å². The van der Waals surface area contributed by atoms with Crippen LogP contribution in [0.2, 0.25) is 0 Å². The van der Waals surface area contributed by atoms with Crippen LogP contribution < -0.4 is 11.1 Å². The van der Waals surface area contributed by atoms with Crippen molar-refractivity contribution in [3.8, 4) is 0 Å². The quantitative estimate of drug-likeness (QED) is 0.352. The highest BCUT2D eigenvalue weighted by Crippen LogP contribution is 2.23. The van der Waals surface area contributed by atoms with E-state index in [9.17, 15) is 32.3 Å². The number of ketones is 1. The predicted molar refractivity (Wildman–Crippen MR) is 125 cm³/mol. The molecule has 1 aromatic rings. The van der Waals surface area contributed by atoms with E-state index in [4.69, 9.17) is 20.0 Å². The van der Waals surface area contributed by atoms with Crippen molar-refractivity contribution in [1.82, 2.24) is 10.4 Å². The summed E-state index contributed by atoms with van der Waals surface area (Å²) in [6.07, 6.45) is -1.53. The minimum Gasteiger partial charge on any atom is -0.437 e. The molecule has 210 valence electrons. The van der Waals surface area contributed by atoms with Gasteiger partial charge in [-0.3, -0.25) is 19.7 Å². The number of fused-ring (bicyclic) bond motifs is 2. The number of amides is 1. The first-order valence-corrected chi connectivity index (χ1v) is 12.3. The number of carbonyl (C=O) groups is 4. The highest BCUT2D eigenvalue weighted by Gasteiger charge is 2.36. The number of nitrogens with two attached hydrogens (primary N) is 1. The molecule has 13 heteroatoms. The van der Waals surface area contributed by atoms with Crippen LogP contribution in [0.1, 0.15) is 51.5 Å². The SMILES string of the molecule is CC(C)(CC(=O)C[C@H](N)Cc1cc(F)c(F)cc1F)OC[C@@H]1CCC(=O)O[C@H]2NCCN(OC(=O)C1)C2=O. The molecule has 2 saturated heterocycles. The van der Waals surface area contributed by atoms with Crippen molar-refractivity contribution in [2.75, 3.05) is 19.7 Å². The standard InChI is InChI=1S/C25H32F3N3O7/c1-25(2,12-17(32)10-16(29)8-15-9-19(27)20(28)11-18(15)26)36-13-14-3-4-21(33)37-23-24(35)31(6-5-30-23)38-22(34)7-14/h9,11,14,16,23,30H,3-8,10,12-13,29H2,1-2H3/t14-,16-,23-/m1/s1. The number of nitrogens with zero attached hydrogens (tertiary/aromatic N) is 1. The van der Waals surface area contributed by atoms with Crippen LogP contribution in [-0.4, -0.2) is 66.3 Å². The Hall–Kier alpha value is -3.03. The lowest BCUT2D eigenvalue weighted by atomic mass is 9.94. The molecule has 10 nitrogen and oxygen atoms in total. The van der Waals surface area contributed by atoms with E-state index >= 15 is 0 Å². The largest absolute Gasteiger partial charge is 0.437 e. The fourth-order valence-electron chi connectivity index (χ4n) is 4.27. The van der Waals surface area contributed by atoms with Gasteiger partial charge in [0.25, 0.3) is 0 Å². The molecular weight excluding hydrogens is 511 g/mol. The maximum atomic E-state index is 13.9. The fourth-order valence-corrected chi connectivity index (χ4v) is 4.27. The van der Waals surface area contributed by atoms with Gasteiger partial charge in [0.1, 0.15) is 11.6 Å². The van der Waals surface area contributed by atoms with Crippen LogP contribution in [0.3, 0.4) is 0 Å². The second kappa shape index (κ2) is 12.7. The summed E-state index contributed by atoms with van der Waals surface area (Å²) in [5.74, 6) is -6.14. The highest BCUT2D eigenvalue weighted by atomic mass is 19.2. The van der Waals surface area contributed by atoms with Gasteiger partial charge in [-0.15, -0.1) is 0 Å². The van der Waals surface area contributed by atoms with E-state index in [1.165, 1.54) is 0 Å². The van der Waals surface area contributed by atoms with Gasteiger partial charge in [0, 0.05) is 37.9 Å². The Bertz CT molecular complexity index is 1070. The van der Waals surface area contributed by atoms with Gasteiger partial charge in [-0.2, -0.15) is 5.06 Å². The van der Waals surface area contributed by atoms with E-state index in [-0.39, 0.29) is 69.6 Å². The minimum atomic E-state index is -1.31. The summed E-state index contributed by atoms with van der Waals surface area (Å²) in [7, 11) is 0. The maximum absolute atomic E-state index is 13.9. The normalized spacial score (nSPS) is 21.8. The molecule has 38 heavy (non-hydrogen) atoms. The molecule has 3 N–H and O–H groups in total. The first-order chi connectivity index (χ1) is 17.8. The zero-order chi connectivity index (χ0) is 28.0. The first kappa shape index (κ1) is 29.5. The van der Waals surface area contributed by atoms with Crippen molar-refractivity contribution in [3.05, 3.63) is 35.1 Å². The fraction of sp³-hybridized carbons (Fsp3) is 0.600. The van der Waals surface area contributed by atoms with Gasteiger partial charge in [-0.1, -0.05) is 0 Å². The molecule has 0 radical (unpaired) electrons. The molecule has 0 unspecified atom stereocenters. The molecule has 1 amide bonds. The monoisotopic (exact) mass is 543 g/mol. The van der Waals surface area contributed by atoms with Gasteiger partial charge in [-0.25, -0.2) is 18.0 Å². The van der Waals surface area contributed by atoms with E-state index in [1.54, 1.807) is 13.8 Å². The number of halogens is 3. The van der Waals surface area contributed by atoms with Crippen LogP contribution in [0.15, 0.2) is 12.1 Å². The summed E-state index contributed by atoms with van der Waals surface area (Å²) in [5.41, 5.74) is 4.85. The molecule has 0 aliphatic carbocycles. The number of nitrogens with one attached hydrogen (secondary N) is 1. The Morgan fingerprint density at radius 3 is 2.63 bits per heavy atom. The smallest absolute Gasteiger partial charge is 0.332 e. The third-order valence-electron chi connectivity index (χ3n) is 6.18. The Morgan fingerprint density at radius 1 is 1.18 bits per heavy atom. The summed E-state index contributed by atoms with van der Waals surface area (Å²) < 4.78 is 51.5. The van der Waals surface area contributed by atoms with Crippen molar-refractivity contribution in [2.24, 2.45) is 11.7 Å². The number of carbonyl (C=O) groups excluding carboxylic acids is 4. The van der Waals surface area contributed by atoms with Gasteiger partial charge in [0.05, 0.1) is 25.2 Å². The zero-order valence-electron chi connectivity index (χ0n) is 21.3. The lowest BCUT2D eigenvalue weighted by Crippen LogP contribution is -2.56. The van der Waals surface area contributed by atoms with Crippen LogP contribution in [0.5, 0.6) is 0 Å². The van der Waals surface area contributed by atoms with Crippen LogP contribution in [0.4, 0.5) is 13.2 Å². The van der Waals surface area contributed by atoms with Gasteiger partial charge in [0.2, 0.25) is 6.23 Å². The van der Waals surface area contributed by atoms with Crippen molar-refractivity contribution in [1.29, 1.82) is 0 Å². The average molecular weight is 544 g/mol. The topological polar surface area (TPSA) is 137 Å². The Labute approximate surface area is 217 Å². The molecule has 0 aromatic heterocycles. The minimum absolute atomic E-state index is 0.0183.